The van der Waals surface area contributed by atoms with Crippen molar-refractivity contribution in [3.8, 4) is 0 Å². The van der Waals surface area contributed by atoms with E-state index in [9.17, 15) is 18.0 Å². The minimum Gasteiger partial charge on any atom is -0.445 e. The van der Waals surface area contributed by atoms with Crippen molar-refractivity contribution in [2.75, 3.05) is 48.8 Å². The van der Waals surface area contributed by atoms with E-state index in [1.165, 1.54) is 30.0 Å². The van der Waals surface area contributed by atoms with Gasteiger partial charge in [-0.05, 0) is 30.4 Å². The Kier molecular flexibility index (Phi) is 8.99. The van der Waals surface area contributed by atoms with Gasteiger partial charge in [0.25, 0.3) is 0 Å². The molecule has 8 nitrogen and oxygen atoms in total. The van der Waals surface area contributed by atoms with Crippen molar-refractivity contribution in [1.82, 2.24) is 14.9 Å². The van der Waals surface area contributed by atoms with E-state index in [1.54, 1.807) is 9.80 Å². The molecule has 2 aromatic carbocycles. The first-order valence-corrected chi connectivity index (χ1v) is 14.9. The summed E-state index contributed by atoms with van der Waals surface area (Å²) < 4.78 is 47.3. The number of carbonyl (C=O) groups excluding carboxylic acids is 1. The number of aromatic nitrogens is 2. The summed E-state index contributed by atoms with van der Waals surface area (Å²) in [5.41, 5.74) is 1.55. The number of anilines is 2. The highest BCUT2D eigenvalue weighted by Crippen LogP contribution is 2.43. The van der Waals surface area contributed by atoms with Gasteiger partial charge in [-0.15, -0.1) is 0 Å². The van der Waals surface area contributed by atoms with Gasteiger partial charge in [0, 0.05) is 31.7 Å². The van der Waals surface area contributed by atoms with Crippen LogP contribution in [-0.2, 0) is 30.5 Å². The van der Waals surface area contributed by atoms with Crippen LogP contribution in [0, 0.1) is 6.57 Å². The predicted octanol–water partition coefficient (Wildman–Crippen LogP) is 6.18. The summed E-state index contributed by atoms with van der Waals surface area (Å²) in [5.74, 6) is 0.693. The van der Waals surface area contributed by atoms with Gasteiger partial charge >= 0.3 is 12.3 Å². The molecule has 1 fully saturated rings. The smallest absolute Gasteiger partial charge is 0.419 e. The van der Waals surface area contributed by atoms with E-state index in [0.717, 1.165) is 11.1 Å². The molecular weight excluding hydrogens is 589 g/mol. The van der Waals surface area contributed by atoms with E-state index < -0.39 is 23.9 Å². The normalized spacial score (nSPS) is 17.0. The fourth-order valence-electron chi connectivity index (χ4n) is 5.36. The first-order chi connectivity index (χ1) is 20.2. The number of halogens is 4. The van der Waals surface area contributed by atoms with Crippen LogP contribution in [0.5, 0.6) is 0 Å². The Balaban J connectivity index is 1.37. The second kappa shape index (κ2) is 12.7. The molecule has 5 rings (SSSR count). The molecule has 13 heteroatoms. The number of alkyl halides is 3. The van der Waals surface area contributed by atoms with E-state index in [4.69, 9.17) is 27.9 Å². The quantitative estimate of drug-likeness (QED) is 0.186. The van der Waals surface area contributed by atoms with Crippen molar-refractivity contribution in [3.63, 3.8) is 0 Å². The van der Waals surface area contributed by atoms with Gasteiger partial charge in [-0.3, -0.25) is 4.90 Å². The number of benzene rings is 2. The summed E-state index contributed by atoms with van der Waals surface area (Å²) in [5, 5.41) is 0.157. The lowest BCUT2D eigenvalue weighted by Crippen LogP contribution is -2.57. The van der Waals surface area contributed by atoms with Crippen LogP contribution < -0.4 is 9.80 Å². The van der Waals surface area contributed by atoms with Crippen LogP contribution in [0.25, 0.3) is 4.85 Å². The molecule has 0 radical (unpaired) electrons. The average Bonchev–Trinajstić information content (AvgIpc) is 2.99. The first-order valence-electron chi connectivity index (χ1n) is 13.3. The van der Waals surface area contributed by atoms with Crippen LogP contribution in [0.3, 0.4) is 0 Å². The minimum atomic E-state index is -4.60. The van der Waals surface area contributed by atoms with E-state index >= 15 is 0 Å². The highest BCUT2D eigenvalue weighted by molar-refractivity contribution is 7.98. The number of hydrogen-bond acceptors (Lipinski definition) is 7. The summed E-state index contributed by atoms with van der Waals surface area (Å²) >= 11 is 7.34. The fraction of sp³-hybridized carbons (Fsp3) is 0.379. The molecule has 0 unspecified atom stereocenters. The molecule has 0 saturated carbocycles. The number of ether oxygens (including phenoxy) is 1. The van der Waals surface area contributed by atoms with Gasteiger partial charge in [0.1, 0.15) is 18.5 Å². The third-order valence-corrected chi connectivity index (χ3v) is 8.21. The molecule has 1 aromatic heterocycles. The van der Waals surface area contributed by atoms with Gasteiger partial charge < -0.3 is 19.4 Å². The average molecular weight is 617 g/mol. The van der Waals surface area contributed by atoms with Crippen LogP contribution in [-0.4, -0.2) is 66.0 Å². The maximum atomic E-state index is 13.9. The van der Waals surface area contributed by atoms with Crippen LogP contribution >= 0.6 is 23.4 Å². The summed E-state index contributed by atoms with van der Waals surface area (Å²) in [7, 11) is 0. The molecule has 1 atom stereocenters. The van der Waals surface area contributed by atoms with Gasteiger partial charge in [0.2, 0.25) is 6.54 Å². The first kappa shape index (κ1) is 29.8. The van der Waals surface area contributed by atoms with Crippen molar-refractivity contribution in [2.45, 2.75) is 36.9 Å². The number of nitrogens with zero attached hydrogens (tertiary/aromatic N) is 6. The number of thioether (sulfide) groups is 1. The third-order valence-electron chi connectivity index (χ3n) is 7.35. The van der Waals surface area contributed by atoms with Gasteiger partial charge in [-0.25, -0.2) is 21.3 Å². The lowest BCUT2D eigenvalue weighted by molar-refractivity contribution is -0.137. The summed E-state index contributed by atoms with van der Waals surface area (Å²) in [6, 6.07) is 13.2. The molecule has 0 bridgehead atoms. The molecular formula is C29H28ClF3N6O2S. The molecule has 2 aliphatic heterocycles. The van der Waals surface area contributed by atoms with E-state index in [1.807, 2.05) is 41.5 Å². The van der Waals surface area contributed by atoms with Crippen molar-refractivity contribution >= 4 is 41.0 Å². The number of rotatable bonds is 6. The molecule has 2 aliphatic rings. The molecule has 0 N–H and O–H groups in total. The van der Waals surface area contributed by atoms with Crippen LogP contribution in [0.1, 0.15) is 22.4 Å². The monoisotopic (exact) mass is 616 g/mol. The molecule has 3 aromatic rings. The summed E-state index contributed by atoms with van der Waals surface area (Å²) in [6.45, 7) is 9.37. The lowest BCUT2D eigenvalue weighted by atomic mass is 10.0. The zero-order valence-corrected chi connectivity index (χ0v) is 24.3. The Morgan fingerprint density at radius 3 is 2.62 bits per heavy atom. The van der Waals surface area contributed by atoms with Crippen molar-refractivity contribution in [2.24, 2.45) is 0 Å². The number of fused-ring (bicyclic) bond motifs is 1. The molecule has 0 aliphatic carbocycles. The number of carbonyl (C=O) groups is 1. The maximum absolute atomic E-state index is 13.9. The molecule has 0 spiro atoms. The minimum absolute atomic E-state index is 0.0197. The molecule has 1 saturated heterocycles. The summed E-state index contributed by atoms with van der Waals surface area (Å²) in [6.07, 6.45) is -2.81. The Morgan fingerprint density at radius 1 is 1.12 bits per heavy atom. The topological polar surface area (TPSA) is 66.2 Å². The van der Waals surface area contributed by atoms with Crippen LogP contribution in [0.2, 0.25) is 5.02 Å². The molecule has 3 heterocycles. The van der Waals surface area contributed by atoms with Gasteiger partial charge in [-0.1, -0.05) is 59.8 Å². The van der Waals surface area contributed by atoms with Gasteiger partial charge in [-0.2, -0.15) is 13.2 Å². The van der Waals surface area contributed by atoms with E-state index in [2.05, 4.69) is 9.83 Å². The molecule has 42 heavy (non-hydrogen) atoms. The lowest BCUT2D eigenvalue weighted by Gasteiger charge is -2.41. The van der Waals surface area contributed by atoms with E-state index in [0.29, 0.717) is 49.3 Å². The van der Waals surface area contributed by atoms with Crippen molar-refractivity contribution in [1.29, 1.82) is 0 Å². The number of piperazine rings is 1. The zero-order chi connectivity index (χ0) is 29.9. The zero-order valence-electron chi connectivity index (χ0n) is 22.8. The third kappa shape index (κ3) is 6.37. The second-order valence-corrected chi connectivity index (χ2v) is 11.1. The van der Waals surface area contributed by atoms with Crippen molar-refractivity contribution < 1.29 is 22.7 Å². The SMILES string of the molecule is [C-]#[N+]C[C@H]1CN(c2nc(SC)nc3c2CCN(c2cccc(Cl)c2C(F)(F)F)C3)CCN1C(=O)OCc1ccccc1. The molecule has 1 amide bonds. The van der Waals surface area contributed by atoms with Crippen molar-refractivity contribution in [3.05, 3.63) is 87.4 Å². The predicted molar refractivity (Wildman–Crippen MR) is 156 cm³/mol. The number of amides is 1. The standard InChI is InChI=1S/C29H28ClF3N6O2S/c1-34-15-20-16-38(13-14-39(20)28(40)41-18-19-7-4-3-5-8-19)26-21-11-12-37(17-23(21)35-27(36-26)42-2)24-10-6-9-22(30)25(24)29(31,32)33/h3-10,20H,11-18H2,2H3/t20-/m0/s1. The Morgan fingerprint density at radius 2 is 1.90 bits per heavy atom. The Bertz CT molecular complexity index is 1490. The maximum Gasteiger partial charge on any atom is 0.419 e. The van der Waals surface area contributed by atoms with Crippen LogP contribution in [0.15, 0.2) is 53.7 Å². The Labute approximate surface area is 251 Å². The van der Waals surface area contributed by atoms with Crippen LogP contribution in [0.4, 0.5) is 29.5 Å². The fourth-order valence-corrected chi connectivity index (χ4v) is 6.01. The molecule has 220 valence electrons. The van der Waals surface area contributed by atoms with E-state index in [-0.39, 0.29) is 30.4 Å². The highest BCUT2D eigenvalue weighted by Gasteiger charge is 2.39. The Hall–Kier alpha value is -3.69. The van der Waals surface area contributed by atoms with Gasteiger partial charge in [0.15, 0.2) is 5.16 Å². The largest absolute Gasteiger partial charge is 0.445 e. The number of hydrogen-bond donors (Lipinski definition) is 0. The van der Waals surface area contributed by atoms with Gasteiger partial charge in [0.05, 0.1) is 28.5 Å². The summed E-state index contributed by atoms with van der Waals surface area (Å²) in [4.78, 5) is 31.3. The highest BCUT2D eigenvalue weighted by atomic mass is 35.5. The second-order valence-electron chi connectivity index (χ2n) is 9.94.